The van der Waals surface area contributed by atoms with Crippen LogP contribution in [0.15, 0.2) is 30.3 Å². The highest BCUT2D eigenvalue weighted by atomic mass is 16.6. The van der Waals surface area contributed by atoms with E-state index in [1.54, 1.807) is 0 Å². The highest BCUT2D eigenvalue weighted by Crippen LogP contribution is 2.33. The molecule has 0 aromatic heterocycles. The van der Waals surface area contributed by atoms with E-state index in [2.05, 4.69) is 12.1 Å². The molecule has 0 amide bonds. The summed E-state index contributed by atoms with van der Waals surface area (Å²) < 4.78 is 5.95. The van der Waals surface area contributed by atoms with Crippen molar-refractivity contribution in [1.82, 2.24) is 0 Å². The third-order valence-electron chi connectivity index (χ3n) is 3.96. The van der Waals surface area contributed by atoms with Crippen molar-refractivity contribution in [3.8, 4) is 0 Å². The Morgan fingerprint density at radius 3 is 2.42 bits per heavy atom. The number of hydrogen-bond acceptors (Lipinski definition) is 3. The van der Waals surface area contributed by atoms with Gasteiger partial charge in [-0.1, -0.05) is 37.3 Å². The second-order valence-corrected chi connectivity index (χ2v) is 5.66. The van der Waals surface area contributed by atoms with E-state index in [9.17, 15) is 10.2 Å². The number of benzene rings is 1. The summed E-state index contributed by atoms with van der Waals surface area (Å²) in [7, 11) is 0. The van der Waals surface area contributed by atoms with Crippen LogP contribution in [-0.4, -0.2) is 28.7 Å². The minimum Gasteiger partial charge on any atom is -0.396 e. The van der Waals surface area contributed by atoms with Crippen molar-refractivity contribution in [2.45, 2.75) is 50.9 Å². The van der Waals surface area contributed by atoms with Crippen molar-refractivity contribution in [2.75, 3.05) is 6.61 Å². The molecule has 3 nitrogen and oxygen atoms in total. The van der Waals surface area contributed by atoms with Crippen LogP contribution in [0, 0.1) is 5.92 Å². The molecule has 2 N–H and O–H groups in total. The number of aliphatic hydroxyl groups excluding tert-OH is 1. The zero-order chi connectivity index (χ0) is 13.7. The van der Waals surface area contributed by atoms with E-state index in [0.29, 0.717) is 12.8 Å². The Kier molecular flexibility index (Phi) is 4.97. The van der Waals surface area contributed by atoms with Gasteiger partial charge in [-0.15, -0.1) is 0 Å². The second kappa shape index (κ2) is 6.51. The first-order valence-corrected chi connectivity index (χ1v) is 7.18. The Morgan fingerprint density at radius 1 is 1.21 bits per heavy atom. The highest BCUT2D eigenvalue weighted by molar-refractivity contribution is 5.15. The van der Waals surface area contributed by atoms with E-state index >= 15 is 0 Å². The Balaban J connectivity index is 2.03. The van der Waals surface area contributed by atoms with Crippen molar-refractivity contribution >= 4 is 0 Å². The van der Waals surface area contributed by atoms with Gasteiger partial charge in [0.1, 0.15) is 0 Å². The summed E-state index contributed by atoms with van der Waals surface area (Å²) in [6.07, 6.45) is 4.03. The van der Waals surface area contributed by atoms with Gasteiger partial charge in [-0.25, -0.2) is 0 Å². The van der Waals surface area contributed by atoms with Crippen molar-refractivity contribution in [3.05, 3.63) is 35.9 Å². The van der Waals surface area contributed by atoms with E-state index in [0.717, 1.165) is 19.3 Å². The molecular weight excluding hydrogens is 240 g/mol. The monoisotopic (exact) mass is 264 g/mol. The summed E-state index contributed by atoms with van der Waals surface area (Å²) in [4.78, 5) is 0. The highest BCUT2D eigenvalue weighted by Gasteiger charge is 2.36. The molecule has 0 saturated heterocycles. The van der Waals surface area contributed by atoms with Gasteiger partial charge in [0.25, 0.3) is 0 Å². The summed E-state index contributed by atoms with van der Waals surface area (Å²) in [5.74, 6) is -0.965. The fourth-order valence-electron chi connectivity index (χ4n) is 2.65. The minimum absolute atomic E-state index is 0.0184. The van der Waals surface area contributed by atoms with Crippen LogP contribution < -0.4 is 0 Å². The molecule has 0 bridgehead atoms. The summed E-state index contributed by atoms with van der Waals surface area (Å²) in [5, 5.41) is 19.8. The molecule has 19 heavy (non-hydrogen) atoms. The van der Waals surface area contributed by atoms with E-state index in [1.165, 1.54) is 5.56 Å². The molecule has 2 atom stereocenters. The van der Waals surface area contributed by atoms with Gasteiger partial charge in [0.2, 0.25) is 0 Å². The maximum absolute atomic E-state index is 10.4. The third-order valence-corrected chi connectivity index (χ3v) is 3.96. The summed E-state index contributed by atoms with van der Waals surface area (Å²) in [6, 6.07) is 10.1. The lowest BCUT2D eigenvalue weighted by atomic mass is 9.97. The van der Waals surface area contributed by atoms with Gasteiger partial charge in [0.05, 0.1) is 6.10 Å². The first-order chi connectivity index (χ1) is 9.13. The normalized spacial score (nSPS) is 21.2. The van der Waals surface area contributed by atoms with Gasteiger partial charge >= 0.3 is 0 Å². The Morgan fingerprint density at radius 2 is 1.84 bits per heavy atom. The zero-order valence-electron chi connectivity index (χ0n) is 11.6. The molecular formula is C16H24O3. The lowest BCUT2D eigenvalue weighted by Crippen LogP contribution is -2.38. The van der Waals surface area contributed by atoms with E-state index < -0.39 is 5.79 Å². The largest absolute Gasteiger partial charge is 0.396 e. The fraction of sp³-hybridized carbons (Fsp3) is 0.625. The second-order valence-electron chi connectivity index (χ2n) is 5.66. The molecule has 1 saturated carbocycles. The molecule has 1 aliphatic rings. The zero-order valence-corrected chi connectivity index (χ0v) is 11.6. The van der Waals surface area contributed by atoms with Crippen LogP contribution in [-0.2, 0) is 11.2 Å². The average Bonchev–Trinajstić information content (AvgIpc) is 2.85. The van der Waals surface area contributed by atoms with Crippen LogP contribution in [0.5, 0.6) is 0 Å². The van der Waals surface area contributed by atoms with Crippen LogP contribution >= 0.6 is 0 Å². The molecule has 1 aliphatic carbocycles. The van der Waals surface area contributed by atoms with Crippen LogP contribution in [0.1, 0.15) is 38.2 Å². The first kappa shape index (κ1) is 14.5. The lowest BCUT2D eigenvalue weighted by Gasteiger charge is -2.32. The van der Waals surface area contributed by atoms with Crippen LogP contribution in [0.3, 0.4) is 0 Å². The van der Waals surface area contributed by atoms with Crippen molar-refractivity contribution in [2.24, 2.45) is 5.92 Å². The Bertz CT molecular complexity index is 371. The summed E-state index contributed by atoms with van der Waals surface area (Å²) >= 11 is 0. The smallest absolute Gasteiger partial charge is 0.165 e. The predicted molar refractivity (Wildman–Crippen MR) is 74.7 cm³/mol. The Labute approximate surface area is 115 Å². The standard InChI is InChI=1S/C16H24O3/c1-13(12-17)15(11-14-7-3-2-4-8-14)19-16(18)9-5-6-10-16/h2-4,7-8,13,15,17-18H,5-6,9-12H2,1H3. The van der Waals surface area contributed by atoms with Gasteiger partial charge in [-0.2, -0.15) is 0 Å². The number of aliphatic hydroxyl groups is 2. The van der Waals surface area contributed by atoms with Crippen molar-refractivity contribution in [1.29, 1.82) is 0 Å². The molecule has 106 valence electrons. The molecule has 0 aliphatic heterocycles. The topological polar surface area (TPSA) is 49.7 Å². The van der Waals surface area contributed by atoms with Gasteiger partial charge < -0.3 is 14.9 Å². The molecule has 2 unspecified atom stereocenters. The molecule has 0 heterocycles. The lowest BCUT2D eigenvalue weighted by molar-refractivity contribution is -0.235. The number of hydrogen-bond donors (Lipinski definition) is 2. The minimum atomic E-state index is -0.983. The molecule has 1 fully saturated rings. The maximum Gasteiger partial charge on any atom is 0.165 e. The van der Waals surface area contributed by atoms with E-state index in [-0.39, 0.29) is 18.6 Å². The molecule has 0 radical (unpaired) electrons. The van der Waals surface area contributed by atoms with Gasteiger partial charge in [-0.3, -0.25) is 0 Å². The SMILES string of the molecule is CC(CO)C(Cc1ccccc1)OC1(O)CCCC1. The number of rotatable bonds is 6. The van der Waals surface area contributed by atoms with E-state index in [4.69, 9.17) is 4.74 Å². The van der Waals surface area contributed by atoms with Gasteiger partial charge in [0.15, 0.2) is 5.79 Å². The van der Waals surface area contributed by atoms with Gasteiger partial charge in [-0.05, 0) is 24.8 Å². The predicted octanol–water partition coefficient (Wildman–Crippen LogP) is 2.51. The van der Waals surface area contributed by atoms with Crippen molar-refractivity contribution in [3.63, 3.8) is 0 Å². The fourth-order valence-corrected chi connectivity index (χ4v) is 2.65. The number of ether oxygens (including phenoxy) is 1. The van der Waals surface area contributed by atoms with Gasteiger partial charge in [0, 0.05) is 25.4 Å². The average molecular weight is 264 g/mol. The molecule has 0 spiro atoms. The molecule has 1 aromatic rings. The first-order valence-electron chi connectivity index (χ1n) is 7.18. The van der Waals surface area contributed by atoms with Crippen molar-refractivity contribution < 1.29 is 14.9 Å². The van der Waals surface area contributed by atoms with Crippen LogP contribution in [0.4, 0.5) is 0 Å². The maximum atomic E-state index is 10.4. The molecule has 3 heteroatoms. The Hall–Kier alpha value is -0.900. The molecule has 2 rings (SSSR count). The third kappa shape index (κ3) is 4.03. The van der Waals surface area contributed by atoms with Crippen LogP contribution in [0.25, 0.3) is 0 Å². The molecule has 1 aromatic carbocycles. The van der Waals surface area contributed by atoms with Crippen LogP contribution in [0.2, 0.25) is 0 Å². The van der Waals surface area contributed by atoms with E-state index in [1.807, 2.05) is 25.1 Å². The summed E-state index contributed by atoms with van der Waals surface area (Å²) in [5.41, 5.74) is 1.18. The summed E-state index contributed by atoms with van der Waals surface area (Å²) in [6.45, 7) is 2.04. The quantitative estimate of drug-likeness (QED) is 0.776.